The fourth-order valence-electron chi connectivity index (χ4n) is 4.04. The van der Waals surface area contributed by atoms with E-state index in [0.29, 0.717) is 64.4 Å². The van der Waals surface area contributed by atoms with Gasteiger partial charge in [0.05, 0.1) is 36.2 Å². The zero-order chi connectivity index (χ0) is 27.1. The van der Waals surface area contributed by atoms with Crippen molar-refractivity contribution in [3.8, 4) is 22.9 Å². The maximum atomic E-state index is 13.3. The van der Waals surface area contributed by atoms with Crippen LogP contribution < -0.4 is 19.5 Å². The highest BCUT2D eigenvalue weighted by Gasteiger charge is 2.20. The third-order valence-corrected chi connectivity index (χ3v) is 6.19. The third kappa shape index (κ3) is 6.19. The lowest BCUT2D eigenvalue weighted by atomic mass is 10.1. The minimum Gasteiger partial charge on any atom is -0.490 e. The number of rotatable bonds is 12. The number of benzene rings is 3. The second-order valence-electron chi connectivity index (χ2n) is 8.64. The zero-order valence-corrected chi connectivity index (χ0v) is 23.0. The van der Waals surface area contributed by atoms with Crippen LogP contribution in [0.2, 0.25) is 5.02 Å². The molecule has 0 atom stereocenters. The molecule has 0 saturated heterocycles. The van der Waals surface area contributed by atoms with Gasteiger partial charge in [-0.2, -0.15) is 4.80 Å². The summed E-state index contributed by atoms with van der Waals surface area (Å²) in [7, 11) is 0. The van der Waals surface area contributed by atoms with Crippen LogP contribution in [0.1, 0.15) is 56.5 Å². The largest absolute Gasteiger partial charge is 0.490 e. The van der Waals surface area contributed by atoms with E-state index in [4.69, 9.17) is 25.8 Å². The molecule has 4 aromatic rings. The molecule has 4 rings (SSSR count). The third-order valence-electron chi connectivity index (χ3n) is 5.87. The standard InChI is InChI=1S/C29H33ClN4O4/c1-5-9-10-19-11-13-21(14-12-19)34-32-24-17-22(30)23(18-25(24)33-34)31-29(35)20-15-26(36-6-2)28(38-8-4)27(16-20)37-7-3/h11-18H,5-10H2,1-4H3,(H,31,35). The molecule has 38 heavy (non-hydrogen) atoms. The second-order valence-corrected chi connectivity index (χ2v) is 9.04. The fraction of sp³-hybridized carbons (Fsp3) is 0.345. The number of carbonyl (C=O) groups is 1. The molecule has 0 saturated carbocycles. The summed E-state index contributed by atoms with van der Waals surface area (Å²) in [5.74, 6) is 0.986. The minimum atomic E-state index is -0.369. The Balaban J connectivity index is 1.60. The van der Waals surface area contributed by atoms with Gasteiger partial charge in [0.2, 0.25) is 5.75 Å². The summed E-state index contributed by atoms with van der Waals surface area (Å²) in [5, 5.41) is 12.4. The molecule has 0 spiro atoms. The maximum absolute atomic E-state index is 13.3. The van der Waals surface area contributed by atoms with Crippen LogP contribution in [0.4, 0.5) is 5.69 Å². The number of hydrogen-bond acceptors (Lipinski definition) is 6. The Hall–Kier alpha value is -3.78. The molecule has 0 fully saturated rings. The summed E-state index contributed by atoms with van der Waals surface area (Å²) in [4.78, 5) is 14.8. The molecule has 1 amide bonds. The van der Waals surface area contributed by atoms with Crippen LogP contribution in [0, 0.1) is 0 Å². The van der Waals surface area contributed by atoms with Gasteiger partial charge in [0, 0.05) is 5.56 Å². The summed E-state index contributed by atoms with van der Waals surface area (Å²) in [6.07, 6.45) is 3.37. The molecule has 0 bridgehead atoms. The highest BCUT2D eigenvalue weighted by molar-refractivity contribution is 6.34. The van der Waals surface area contributed by atoms with Gasteiger partial charge in [0.25, 0.3) is 5.91 Å². The number of nitrogens with one attached hydrogen (secondary N) is 1. The van der Waals surface area contributed by atoms with Crippen LogP contribution in [-0.4, -0.2) is 40.7 Å². The first kappa shape index (κ1) is 27.3. The number of aryl methyl sites for hydroxylation is 1. The van der Waals surface area contributed by atoms with Crippen LogP contribution in [0.5, 0.6) is 17.2 Å². The van der Waals surface area contributed by atoms with Crippen molar-refractivity contribution in [1.29, 1.82) is 0 Å². The van der Waals surface area contributed by atoms with Gasteiger partial charge in [-0.25, -0.2) is 0 Å². The van der Waals surface area contributed by atoms with Gasteiger partial charge in [-0.15, -0.1) is 10.2 Å². The fourth-order valence-corrected chi connectivity index (χ4v) is 4.25. The van der Waals surface area contributed by atoms with E-state index >= 15 is 0 Å². The first-order valence-corrected chi connectivity index (χ1v) is 13.4. The molecule has 8 nitrogen and oxygen atoms in total. The lowest BCUT2D eigenvalue weighted by Crippen LogP contribution is -2.13. The molecule has 3 aromatic carbocycles. The SMILES string of the molecule is CCCCc1ccc(-n2nc3cc(Cl)c(NC(=O)c4cc(OCC)c(OCC)c(OCC)c4)cc3n2)cc1. The van der Waals surface area contributed by atoms with E-state index in [9.17, 15) is 4.79 Å². The van der Waals surface area contributed by atoms with Crippen molar-refractivity contribution in [2.45, 2.75) is 47.0 Å². The van der Waals surface area contributed by atoms with Gasteiger partial charge in [0.1, 0.15) is 11.0 Å². The Morgan fingerprint density at radius 2 is 1.47 bits per heavy atom. The lowest BCUT2D eigenvalue weighted by Gasteiger charge is -2.17. The molecule has 0 aliphatic rings. The van der Waals surface area contributed by atoms with E-state index in [1.807, 2.05) is 32.9 Å². The number of unbranched alkanes of at least 4 members (excludes halogenated alkanes) is 1. The van der Waals surface area contributed by atoms with Crippen molar-refractivity contribution in [2.75, 3.05) is 25.1 Å². The van der Waals surface area contributed by atoms with Gasteiger partial charge in [-0.1, -0.05) is 37.1 Å². The summed E-state index contributed by atoms with van der Waals surface area (Å²) in [6, 6.07) is 14.9. The number of carbonyl (C=O) groups excluding carboxylic acids is 1. The number of aromatic nitrogens is 3. The van der Waals surface area contributed by atoms with Crippen LogP contribution in [-0.2, 0) is 6.42 Å². The van der Waals surface area contributed by atoms with E-state index in [1.165, 1.54) is 5.56 Å². The van der Waals surface area contributed by atoms with Gasteiger partial charge in [-0.05, 0) is 75.6 Å². The number of fused-ring (bicyclic) bond motifs is 1. The van der Waals surface area contributed by atoms with Crippen LogP contribution >= 0.6 is 11.6 Å². The molecule has 0 radical (unpaired) electrons. The van der Waals surface area contributed by atoms with Crippen molar-refractivity contribution >= 4 is 34.2 Å². The Labute approximate surface area is 227 Å². The van der Waals surface area contributed by atoms with Crippen LogP contribution in [0.3, 0.4) is 0 Å². The molecule has 9 heteroatoms. The van der Waals surface area contributed by atoms with Crippen LogP contribution in [0.15, 0.2) is 48.5 Å². The predicted molar refractivity (Wildman–Crippen MR) is 150 cm³/mol. The molecule has 0 unspecified atom stereocenters. The number of nitrogens with zero attached hydrogens (tertiary/aromatic N) is 3. The zero-order valence-electron chi connectivity index (χ0n) is 22.2. The second kappa shape index (κ2) is 12.6. The first-order chi connectivity index (χ1) is 18.5. The van der Waals surface area contributed by atoms with Crippen molar-refractivity contribution in [3.05, 3.63) is 64.7 Å². The van der Waals surface area contributed by atoms with Gasteiger partial charge >= 0.3 is 0 Å². The summed E-state index contributed by atoms with van der Waals surface area (Å²) < 4.78 is 17.2. The van der Waals surface area contributed by atoms with E-state index in [-0.39, 0.29) is 5.91 Å². The van der Waals surface area contributed by atoms with E-state index < -0.39 is 0 Å². The number of anilines is 1. The van der Waals surface area contributed by atoms with E-state index in [2.05, 4.69) is 34.6 Å². The topological polar surface area (TPSA) is 87.5 Å². The van der Waals surface area contributed by atoms with Crippen molar-refractivity contribution < 1.29 is 19.0 Å². The highest BCUT2D eigenvalue weighted by Crippen LogP contribution is 2.39. The number of ether oxygens (including phenoxy) is 3. The van der Waals surface area contributed by atoms with Gasteiger partial charge in [0.15, 0.2) is 11.5 Å². The minimum absolute atomic E-state index is 0.350. The average Bonchev–Trinajstić information content (AvgIpc) is 3.32. The van der Waals surface area contributed by atoms with Gasteiger partial charge in [-0.3, -0.25) is 4.79 Å². The van der Waals surface area contributed by atoms with E-state index in [0.717, 1.165) is 24.9 Å². The molecular weight excluding hydrogens is 504 g/mol. The Morgan fingerprint density at radius 1 is 0.868 bits per heavy atom. The van der Waals surface area contributed by atoms with Crippen molar-refractivity contribution in [3.63, 3.8) is 0 Å². The number of hydrogen-bond donors (Lipinski definition) is 1. The summed E-state index contributed by atoms with van der Waals surface area (Å²) >= 11 is 6.53. The summed E-state index contributed by atoms with van der Waals surface area (Å²) in [6.45, 7) is 9.06. The first-order valence-electron chi connectivity index (χ1n) is 13.0. The molecule has 1 heterocycles. The average molecular weight is 537 g/mol. The molecule has 1 N–H and O–H groups in total. The lowest BCUT2D eigenvalue weighted by molar-refractivity contribution is 0.102. The Morgan fingerprint density at radius 3 is 2.05 bits per heavy atom. The normalized spacial score (nSPS) is 11.0. The smallest absolute Gasteiger partial charge is 0.255 e. The number of halogens is 1. The summed E-state index contributed by atoms with van der Waals surface area (Å²) in [5.41, 5.74) is 4.15. The van der Waals surface area contributed by atoms with E-state index in [1.54, 1.807) is 29.1 Å². The molecule has 1 aromatic heterocycles. The molecule has 200 valence electrons. The van der Waals surface area contributed by atoms with Crippen LogP contribution in [0.25, 0.3) is 16.7 Å². The number of amides is 1. The predicted octanol–water partition coefficient (Wildman–Crippen LogP) is 6.86. The molecular formula is C29H33ClN4O4. The Bertz CT molecular complexity index is 1370. The Kier molecular flexibility index (Phi) is 9.07. The molecule has 0 aliphatic heterocycles. The highest BCUT2D eigenvalue weighted by atomic mass is 35.5. The van der Waals surface area contributed by atoms with Crippen molar-refractivity contribution in [2.24, 2.45) is 0 Å². The maximum Gasteiger partial charge on any atom is 0.255 e. The monoisotopic (exact) mass is 536 g/mol. The van der Waals surface area contributed by atoms with Gasteiger partial charge < -0.3 is 19.5 Å². The molecule has 0 aliphatic carbocycles. The quantitative estimate of drug-likeness (QED) is 0.213. The van der Waals surface area contributed by atoms with Crippen molar-refractivity contribution in [1.82, 2.24) is 15.0 Å².